The number of fused-ring (bicyclic) bond motifs is 2. The van der Waals surface area contributed by atoms with Crippen LogP contribution < -0.4 is 15.0 Å². The van der Waals surface area contributed by atoms with Crippen molar-refractivity contribution in [2.75, 3.05) is 13.7 Å². The normalized spacial score (nSPS) is 11.3. The molecule has 0 atom stereocenters. The number of nitrogens with zero attached hydrogens (tertiary/aromatic N) is 3. The van der Waals surface area contributed by atoms with E-state index in [1.54, 1.807) is 37.6 Å². The molecule has 0 radical (unpaired) electrons. The fourth-order valence-electron chi connectivity index (χ4n) is 3.71. The maximum Gasteiger partial charge on any atom is 0.282 e. The number of rotatable bonds is 6. The standard InChI is InChI=1S/C27H17BrIN3O4/c1-3-10-35-25-20(29)11-16(12-23(25)34-2)15-30-32-26(31-21-7-5-4-6-19(21)27(32)33)24-14-17-13-18(28)8-9-22(17)36-24/h1,4-9,11-15H,10H2,2H3. The minimum absolute atomic E-state index is 0.120. The summed E-state index contributed by atoms with van der Waals surface area (Å²) in [6.07, 6.45) is 6.89. The number of aromatic nitrogens is 2. The molecule has 2 heterocycles. The van der Waals surface area contributed by atoms with Crippen molar-refractivity contribution in [1.82, 2.24) is 9.66 Å². The average molecular weight is 654 g/mol. The summed E-state index contributed by atoms with van der Waals surface area (Å²) in [6, 6.07) is 18.3. The van der Waals surface area contributed by atoms with E-state index in [4.69, 9.17) is 25.3 Å². The van der Waals surface area contributed by atoms with E-state index in [2.05, 4.69) is 49.5 Å². The van der Waals surface area contributed by atoms with Gasteiger partial charge in [0.05, 0.1) is 27.8 Å². The SMILES string of the molecule is C#CCOc1c(I)cc(C=Nn2c(-c3cc4cc(Br)ccc4o3)nc3ccccc3c2=O)cc1OC. The highest BCUT2D eigenvalue weighted by Crippen LogP contribution is 2.34. The summed E-state index contributed by atoms with van der Waals surface area (Å²) < 4.78 is 20.1. The van der Waals surface area contributed by atoms with E-state index in [1.165, 1.54) is 4.68 Å². The summed E-state index contributed by atoms with van der Waals surface area (Å²) in [6.45, 7) is 0.120. The van der Waals surface area contributed by atoms with E-state index in [0.29, 0.717) is 39.3 Å². The van der Waals surface area contributed by atoms with Crippen molar-refractivity contribution in [3.8, 4) is 35.4 Å². The second-order valence-corrected chi connectivity index (χ2v) is 9.71. The van der Waals surface area contributed by atoms with Crippen molar-refractivity contribution in [3.05, 3.63) is 84.6 Å². The first-order valence-corrected chi connectivity index (χ1v) is 12.5. The van der Waals surface area contributed by atoms with Gasteiger partial charge in [0.15, 0.2) is 17.3 Å². The molecule has 0 fully saturated rings. The van der Waals surface area contributed by atoms with Gasteiger partial charge in [0.25, 0.3) is 5.56 Å². The number of hydrogen-bond donors (Lipinski definition) is 0. The molecule has 178 valence electrons. The molecule has 0 saturated heterocycles. The molecule has 0 unspecified atom stereocenters. The first-order chi connectivity index (χ1) is 17.5. The Hall–Kier alpha value is -3.62. The Morgan fingerprint density at radius 1 is 1.22 bits per heavy atom. The minimum atomic E-state index is -0.316. The van der Waals surface area contributed by atoms with Gasteiger partial charge in [-0.25, -0.2) is 4.98 Å². The molecule has 3 aromatic carbocycles. The molecule has 2 aromatic heterocycles. The molecule has 0 saturated carbocycles. The fourth-order valence-corrected chi connectivity index (χ4v) is 4.87. The van der Waals surface area contributed by atoms with Gasteiger partial charge in [-0.1, -0.05) is 34.0 Å². The van der Waals surface area contributed by atoms with Crippen LogP contribution in [0.1, 0.15) is 5.56 Å². The zero-order valence-electron chi connectivity index (χ0n) is 18.9. The molecule has 9 heteroatoms. The van der Waals surface area contributed by atoms with Gasteiger partial charge in [0.1, 0.15) is 12.2 Å². The molecule has 0 spiro atoms. The summed E-state index contributed by atoms with van der Waals surface area (Å²) in [7, 11) is 1.55. The monoisotopic (exact) mass is 653 g/mol. The maximum atomic E-state index is 13.5. The van der Waals surface area contributed by atoms with Crippen LogP contribution in [0, 0.1) is 15.9 Å². The smallest absolute Gasteiger partial charge is 0.282 e. The summed E-state index contributed by atoms with van der Waals surface area (Å²) in [5.74, 6) is 4.21. The topological polar surface area (TPSA) is 78.9 Å². The molecule has 5 aromatic rings. The Morgan fingerprint density at radius 3 is 2.86 bits per heavy atom. The van der Waals surface area contributed by atoms with Crippen LogP contribution in [0.4, 0.5) is 0 Å². The van der Waals surface area contributed by atoms with Crippen molar-refractivity contribution in [2.24, 2.45) is 5.10 Å². The Labute approximate surface area is 228 Å². The second-order valence-electron chi connectivity index (χ2n) is 7.63. The van der Waals surface area contributed by atoms with Gasteiger partial charge < -0.3 is 13.9 Å². The number of terminal acetylenes is 1. The molecule has 7 nitrogen and oxygen atoms in total. The first kappa shape index (κ1) is 24.1. The van der Waals surface area contributed by atoms with Gasteiger partial charge in [-0.3, -0.25) is 4.79 Å². The van der Waals surface area contributed by atoms with Crippen molar-refractivity contribution in [1.29, 1.82) is 0 Å². The Kier molecular flexibility index (Phi) is 6.80. The second kappa shape index (κ2) is 10.2. The van der Waals surface area contributed by atoms with Crippen LogP contribution in [0.2, 0.25) is 0 Å². The third kappa shape index (κ3) is 4.62. The van der Waals surface area contributed by atoms with Gasteiger partial charge in [-0.2, -0.15) is 9.78 Å². The molecule has 0 bridgehead atoms. The van der Waals surface area contributed by atoms with E-state index in [-0.39, 0.29) is 18.0 Å². The van der Waals surface area contributed by atoms with Gasteiger partial charge in [-0.05, 0) is 76.7 Å². The fraction of sp³-hybridized carbons (Fsp3) is 0.0741. The highest BCUT2D eigenvalue weighted by atomic mass is 127. The van der Waals surface area contributed by atoms with Gasteiger partial charge in [0, 0.05) is 9.86 Å². The third-order valence-electron chi connectivity index (χ3n) is 5.33. The molecular weight excluding hydrogens is 637 g/mol. The lowest BCUT2D eigenvalue weighted by atomic mass is 10.2. The highest BCUT2D eigenvalue weighted by Gasteiger charge is 2.17. The minimum Gasteiger partial charge on any atom is -0.493 e. The van der Waals surface area contributed by atoms with E-state index in [0.717, 1.165) is 13.4 Å². The summed E-state index contributed by atoms with van der Waals surface area (Å²) >= 11 is 5.62. The van der Waals surface area contributed by atoms with Crippen molar-refractivity contribution in [2.45, 2.75) is 0 Å². The van der Waals surface area contributed by atoms with Gasteiger partial charge >= 0.3 is 0 Å². The lowest BCUT2D eigenvalue weighted by Gasteiger charge is -2.12. The molecule has 5 rings (SSSR count). The molecule has 0 aliphatic rings. The van der Waals surface area contributed by atoms with Gasteiger partial charge in [0.2, 0.25) is 5.82 Å². The van der Waals surface area contributed by atoms with Crippen LogP contribution in [-0.2, 0) is 0 Å². The van der Waals surface area contributed by atoms with E-state index >= 15 is 0 Å². The Balaban J connectivity index is 1.66. The predicted molar refractivity (Wildman–Crippen MR) is 152 cm³/mol. The molecule has 0 amide bonds. The van der Waals surface area contributed by atoms with E-state index in [9.17, 15) is 4.79 Å². The zero-order valence-corrected chi connectivity index (χ0v) is 22.6. The van der Waals surface area contributed by atoms with Crippen molar-refractivity contribution in [3.63, 3.8) is 0 Å². The van der Waals surface area contributed by atoms with Crippen molar-refractivity contribution >= 4 is 66.6 Å². The van der Waals surface area contributed by atoms with Crippen LogP contribution in [-0.4, -0.2) is 29.6 Å². The molecule has 0 N–H and O–H groups in total. The zero-order chi connectivity index (χ0) is 25.2. The number of halogens is 2. The maximum absolute atomic E-state index is 13.5. The summed E-state index contributed by atoms with van der Waals surface area (Å²) in [5, 5.41) is 5.83. The Bertz CT molecular complexity index is 1750. The summed E-state index contributed by atoms with van der Waals surface area (Å²) in [4.78, 5) is 18.2. The van der Waals surface area contributed by atoms with Crippen LogP contribution in [0.5, 0.6) is 11.5 Å². The number of methoxy groups -OCH3 is 1. The lowest BCUT2D eigenvalue weighted by molar-refractivity contribution is 0.328. The van der Waals surface area contributed by atoms with E-state index < -0.39 is 0 Å². The number of furan rings is 1. The van der Waals surface area contributed by atoms with Crippen LogP contribution in [0.15, 0.2) is 79.4 Å². The highest BCUT2D eigenvalue weighted by molar-refractivity contribution is 14.1. The van der Waals surface area contributed by atoms with Crippen LogP contribution >= 0.6 is 38.5 Å². The van der Waals surface area contributed by atoms with Crippen molar-refractivity contribution < 1.29 is 13.9 Å². The first-order valence-electron chi connectivity index (χ1n) is 10.7. The number of hydrogen-bond acceptors (Lipinski definition) is 6. The Morgan fingerprint density at radius 2 is 2.06 bits per heavy atom. The van der Waals surface area contributed by atoms with Crippen LogP contribution in [0.3, 0.4) is 0 Å². The van der Waals surface area contributed by atoms with Gasteiger partial charge in [-0.15, -0.1) is 6.42 Å². The number of para-hydroxylation sites is 1. The molecular formula is C27H17BrIN3O4. The predicted octanol–water partition coefficient (Wildman–Crippen LogP) is 6.08. The molecule has 0 aliphatic carbocycles. The third-order valence-corrected chi connectivity index (χ3v) is 6.62. The molecule has 36 heavy (non-hydrogen) atoms. The summed E-state index contributed by atoms with van der Waals surface area (Å²) in [5.41, 5.74) is 1.61. The quantitative estimate of drug-likeness (QED) is 0.126. The lowest BCUT2D eigenvalue weighted by Crippen LogP contribution is -2.20. The van der Waals surface area contributed by atoms with Crippen LogP contribution in [0.25, 0.3) is 33.5 Å². The number of ether oxygens (including phenoxy) is 2. The average Bonchev–Trinajstić information content (AvgIpc) is 3.30. The van der Waals surface area contributed by atoms with E-state index in [1.807, 2.05) is 36.4 Å². The largest absolute Gasteiger partial charge is 0.493 e. The molecule has 0 aliphatic heterocycles. The number of benzene rings is 3.